The van der Waals surface area contributed by atoms with Crippen LogP contribution in [0.1, 0.15) is 6.42 Å². The summed E-state index contributed by atoms with van der Waals surface area (Å²) in [6, 6.07) is 4.12. The molecule has 1 aliphatic rings. The van der Waals surface area contributed by atoms with Crippen LogP contribution in [-0.2, 0) is 14.8 Å². The highest BCUT2D eigenvalue weighted by molar-refractivity contribution is 7.89. The molecule has 0 aliphatic carbocycles. The zero-order valence-electron chi connectivity index (χ0n) is 9.21. The molecule has 0 saturated carbocycles. The molecule has 1 fully saturated rings. The number of nitrogens with zero attached hydrogens (tertiary/aromatic N) is 1. The van der Waals surface area contributed by atoms with E-state index in [-0.39, 0.29) is 35.3 Å². The highest BCUT2D eigenvalue weighted by Gasteiger charge is 2.37. The predicted molar refractivity (Wildman–Crippen MR) is 67.0 cm³/mol. The van der Waals surface area contributed by atoms with Crippen LogP contribution in [0.25, 0.3) is 0 Å². The van der Waals surface area contributed by atoms with Gasteiger partial charge in [0.2, 0.25) is 15.9 Å². The number of hydrogen-bond donors (Lipinski definition) is 2. The molecular weight excluding hydrogens is 280 g/mol. The SMILES string of the molecule is NS(=O)(=O)C1CC(=O)N(c2cc(O)ccc2Cl)C1. The minimum Gasteiger partial charge on any atom is -0.508 e. The van der Waals surface area contributed by atoms with E-state index in [1.165, 1.54) is 23.1 Å². The van der Waals surface area contributed by atoms with Crippen molar-refractivity contribution in [2.75, 3.05) is 11.4 Å². The van der Waals surface area contributed by atoms with Gasteiger partial charge in [0.15, 0.2) is 0 Å². The Morgan fingerprint density at radius 3 is 2.67 bits per heavy atom. The summed E-state index contributed by atoms with van der Waals surface area (Å²) in [5.41, 5.74) is 0.285. The number of carbonyl (C=O) groups is 1. The zero-order chi connectivity index (χ0) is 13.5. The number of benzene rings is 1. The Kier molecular flexibility index (Phi) is 3.22. The van der Waals surface area contributed by atoms with Gasteiger partial charge in [0.1, 0.15) is 11.0 Å². The fourth-order valence-electron chi connectivity index (χ4n) is 1.84. The smallest absolute Gasteiger partial charge is 0.228 e. The van der Waals surface area contributed by atoms with Crippen LogP contribution < -0.4 is 10.0 Å². The maximum Gasteiger partial charge on any atom is 0.228 e. The van der Waals surface area contributed by atoms with E-state index in [0.717, 1.165) is 0 Å². The molecule has 1 unspecified atom stereocenters. The lowest BCUT2D eigenvalue weighted by molar-refractivity contribution is -0.117. The number of amides is 1. The van der Waals surface area contributed by atoms with Gasteiger partial charge >= 0.3 is 0 Å². The predicted octanol–water partition coefficient (Wildman–Crippen LogP) is 0.439. The number of hydrogen-bond acceptors (Lipinski definition) is 4. The molecule has 0 spiro atoms. The number of carbonyl (C=O) groups excluding carboxylic acids is 1. The number of anilines is 1. The van der Waals surface area contributed by atoms with E-state index in [2.05, 4.69) is 0 Å². The third-order valence-corrected chi connectivity index (χ3v) is 4.34. The standard InChI is InChI=1S/C10H11ClN2O4S/c11-8-2-1-6(14)3-9(8)13-5-7(4-10(13)15)18(12,16)17/h1-3,7,14H,4-5H2,(H2,12,16,17). The second-order valence-electron chi connectivity index (χ2n) is 4.06. The monoisotopic (exact) mass is 290 g/mol. The molecule has 98 valence electrons. The van der Waals surface area contributed by atoms with Crippen molar-refractivity contribution < 1.29 is 18.3 Å². The van der Waals surface area contributed by atoms with Crippen molar-refractivity contribution in [3.8, 4) is 5.75 Å². The van der Waals surface area contributed by atoms with Crippen LogP contribution in [-0.4, -0.2) is 31.2 Å². The first kappa shape index (κ1) is 13.1. The Balaban J connectivity index is 2.35. The number of aromatic hydroxyl groups is 1. The van der Waals surface area contributed by atoms with Crippen LogP contribution >= 0.6 is 11.6 Å². The molecular formula is C10H11ClN2O4S. The first-order valence-electron chi connectivity index (χ1n) is 5.09. The summed E-state index contributed by atoms with van der Waals surface area (Å²) in [6.45, 7) is -0.0547. The van der Waals surface area contributed by atoms with Gasteiger partial charge in [-0.15, -0.1) is 0 Å². The molecule has 1 heterocycles. The molecule has 18 heavy (non-hydrogen) atoms. The van der Waals surface area contributed by atoms with E-state index < -0.39 is 15.3 Å². The summed E-state index contributed by atoms with van der Waals surface area (Å²) < 4.78 is 22.4. The number of nitrogens with two attached hydrogens (primary N) is 1. The largest absolute Gasteiger partial charge is 0.508 e. The number of sulfonamides is 1. The van der Waals surface area contributed by atoms with Crippen molar-refractivity contribution in [3.05, 3.63) is 23.2 Å². The minimum absolute atomic E-state index is 0.0544. The summed E-state index contributed by atoms with van der Waals surface area (Å²) in [6.07, 6.45) is -0.176. The van der Waals surface area contributed by atoms with Crippen LogP contribution in [0.5, 0.6) is 5.75 Å². The van der Waals surface area contributed by atoms with Crippen molar-refractivity contribution in [2.24, 2.45) is 5.14 Å². The maximum atomic E-state index is 11.8. The zero-order valence-corrected chi connectivity index (χ0v) is 10.8. The fraction of sp³-hybridized carbons (Fsp3) is 0.300. The molecule has 8 heteroatoms. The summed E-state index contributed by atoms with van der Waals surface area (Å²) >= 11 is 5.92. The highest BCUT2D eigenvalue weighted by atomic mass is 35.5. The topological polar surface area (TPSA) is 101 Å². The van der Waals surface area contributed by atoms with Gasteiger partial charge in [0.05, 0.1) is 10.7 Å². The van der Waals surface area contributed by atoms with Crippen molar-refractivity contribution in [1.29, 1.82) is 0 Å². The molecule has 2 rings (SSSR count). The number of phenols is 1. The highest BCUT2D eigenvalue weighted by Crippen LogP contribution is 2.33. The van der Waals surface area contributed by atoms with E-state index >= 15 is 0 Å². The second-order valence-corrected chi connectivity index (χ2v) is 6.31. The van der Waals surface area contributed by atoms with Crippen molar-refractivity contribution >= 4 is 33.2 Å². The van der Waals surface area contributed by atoms with Gasteiger partial charge in [-0.25, -0.2) is 13.6 Å². The lowest BCUT2D eigenvalue weighted by atomic mass is 10.3. The van der Waals surface area contributed by atoms with Crippen LogP contribution in [0.4, 0.5) is 5.69 Å². The van der Waals surface area contributed by atoms with Crippen LogP contribution in [0.15, 0.2) is 18.2 Å². The molecule has 1 aromatic rings. The Hall–Kier alpha value is -1.31. The van der Waals surface area contributed by atoms with E-state index in [4.69, 9.17) is 16.7 Å². The summed E-state index contributed by atoms with van der Waals surface area (Å²) in [4.78, 5) is 13.0. The van der Waals surface area contributed by atoms with E-state index in [1.807, 2.05) is 0 Å². The maximum absolute atomic E-state index is 11.8. The average molecular weight is 291 g/mol. The first-order chi connectivity index (χ1) is 8.29. The molecule has 1 amide bonds. The Bertz CT molecular complexity index is 602. The Morgan fingerprint density at radius 2 is 2.11 bits per heavy atom. The third kappa shape index (κ3) is 2.43. The number of halogens is 1. The lowest BCUT2D eigenvalue weighted by Crippen LogP contribution is -2.32. The normalized spacial score (nSPS) is 20.4. The van der Waals surface area contributed by atoms with E-state index in [0.29, 0.717) is 0 Å². The van der Waals surface area contributed by atoms with Gasteiger partial charge in [0.25, 0.3) is 0 Å². The van der Waals surface area contributed by atoms with Gasteiger partial charge in [-0.3, -0.25) is 4.79 Å². The van der Waals surface area contributed by atoms with Gasteiger partial charge in [-0.05, 0) is 12.1 Å². The minimum atomic E-state index is -3.77. The number of primary sulfonamides is 1. The molecule has 1 saturated heterocycles. The van der Waals surface area contributed by atoms with E-state index in [9.17, 15) is 18.3 Å². The first-order valence-corrected chi connectivity index (χ1v) is 7.08. The molecule has 1 aliphatic heterocycles. The quantitative estimate of drug-likeness (QED) is 0.825. The Morgan fingerprint density at radius 1 is 1.44 bits per heavy atom. The number of rotatable bonds is 2. The molecule has 3 N–H and O–H groups in total. The van der Waals surface area contributed by atoms with Crippen LogP contribution in [0, 0.1) is 0 Å². The van der Waals surface area contributed by atoms with Crippen LogP contribution in [0.2, 0.25) is 5.02 Å². The van der Waals surface area contributed by atoms with Crippen molar-refractivity contribution in [2.45, 2.75) is 11.7 Å². The van der Waals surface area contributed by atoms with Gasteiger partial charge in [-0.2, -0.15) is 0 Å². The third-order valence-electron chi connectivity index (χ3n) is 2.77. The summed E-state index contributed by atoms with van der Waals surface area (Å²) in [5, 5.41) is 13.7. The average Bonchev–Trinajstić information content (AvgIpc) is 2.64. The summed E-state index contributed by atoms with van der Waals surface area (Å²) in [7, 11) is -3.77. The van der Waals surface area contributed by atoms with Gasteiger partial charge in [0, 0.05) is 19.0 Å². The second kappa shape index (κ2) is 4.42. The van der Waals surface area contributed by atoms with Crippen LogP contribution in [0.3, 0.4) is 0 Å². The molecule has 1 aromatic carbocycles. The fourth-order valence-corrected chi connectivity index (χ4v) is 2.79. The van der Waals surface area contributed by atoms with Gasteiger partial charge in [-0.1, -0.05) is 11.6 Å². The summed E-state index contributed by atoms with van der Waals surface area (Å²) in [5.74, 6) is -0.442. The lowest BCUT2D eigenvalue weighted by Gasteiger charge is -2.18. The molecule has 1 atom stereocenters. The van der Waals surface area contributed by atoms with E-state index in [1.54, 1.807) is 0 Å². The van der Waals surface area contributed by atoms with Gasteiger partial charge < -0.3 is 10.0 Å². The number of phenolic OH excluding ortho intramolecular Hbond substituents is 1. The van der Waals surface area contributed by atoms with Crippen molar-refractivity contribution in [1.82, 2.24) is 0 Å². The van der Waals surface area contributed by atoms with Crippen molar-refractivity contribution in [3.63, 3.8) is 0 Å². The molecule has 0 aromatic heterocycles. The molecule has 0 radical (unpaired) electrons. The molecule has 6 nitrogen and oxygen atoms in total. The molecule has 0 bridgehead atoms. The Labute approximate surface area is 109 Å².